The number of hydrogen-bond acceptors (Lipinski definition) is 5. The number of rotatable bonds is 0. The maximum Gasteiger partial charge on any atom is 2.00 e. The van der Waals surface area contributed by atoms with Gasteiger partial charge in [-0.2, -0.15) is 0 Å². The van der Waals surface area contributed by atoms with Crippen LogP contribution in [0.15, 0.2) is 0 Å². The Morgan fingerprint density at radius 1 is 1.40 bits per heavy atom. The second-order valence-electron chi connectivity index (χ2n) is 0.715. The predicted molar refractivity (Wildman–Crippen MR) is 21.0 cm³/mol. The zero-order chi connectivity index (χ0) is 7.15. The fourth-order valence-corrected chi connectivity index (χ4v) is 0. The molecule has 6 nitrogen and oxygen atoms in total. The van der Waals surface area contributed by atoms with Crippen molar-refractivity contribution in [3.8, 4) is 0 Å². The Bertz CT molecular complexity index is 77.6. The number of hydrogen-bond donors (Lipinski definition) is 0. The van der Waals surface area contributed by atoms with Crippen molar-refractivity contribution in [3.63, 3.8) is 0 Å². The van der Waals surface area contributed by atoms with Crippen molar-refractivity contribution in [1.29, 1.82) is 0 Å². The first-order valence-corrected chi connectivity index (χ1v) is 1.46. The molecule has 0 aliphatic heterocycles. The van der Waals surface area contributed by atoms with Crippen LogP contribution < -0.4 is 5.11 Å². The van der Waals surface area contributed by atoms with Gasteiger partial charge in [0, 0.05) is 22.7 Å². The molecule has 0 fully saturated rings. The summed E-state index contributed by atoms with van der Waals surface area (Å²) in [5.41, 5.74) is 0. The molecule has 0 saturated carbocycles. The Hall–Kier alpha value is -0.330. The van der Waals surface area contributed by atoms with E-state index in [9.17, 15) is 0 Å². The average Bonchev–Trinajstić information content (AvgIpc) is 1.25. The van der Waals surface area contributed by atoms with E-state index in [1.807, 2.05) is 0 Å². The molecule has 0 bridgehead atoms. The van der Waals surface area contributed by atoms with Crippen LogP contribution in [0.4, 0.5) is 0 Å². The van der Waals surface area contributed by atoms with E-state index in [1.165, 1.54) is 0 Å². The normalized spacial score (nSPS) is 4.90. The monoisotopic (exact) mass is 238 g/mol. The van der Waals surface area contributed by atoms with Gasteiger partial charge < -0.3 is 25.2 Å². The maximum absolute atomic E-state index is 8.89. The van der Waals surface area contributed by atoms with Gasteiger partial charge >= 0.3 is 16.5 Å². The van der Waals surface area contributed by atoms with E-state index in [4.69, 9.17) is 25.2 Å². The average molecular weight is 239 g/mol. The topological polar surface area (TPSA) is 106 Å². The van der Waals surface area contributed by atoms with E-state index in [1.54, 1.807) is 0 Å². The third-order valence-corrected chi connectivity index (χ3v) is 0. The number of carboxylic acids is 1. The molecule has 0 amide bonds. The van der Waals surface area contributed by atoms with E-state index >= 15 is 0 Å². The zero-order valence-corrected chi connectivity index (χ0v) is 6.67. The van der Waals surface area contributed by atoms with Crippen LogP contribution in [0.5, 0.6) is 0 Å². The first kappa shape index (κ1) is 22.6. The van der Waals surface area contributed by atoms with Gasteiger partial charge in [0.15, 0.2) is 0 Å². The molecule has 0 atom stereocenters. The minimum absolute atomic E-state index is 0. The SMILES string of the molecule is CC(=O)[O-].O=[N+]([O-])[O-].[Co].[Ni+2]. The Labute approximate surface area is 76.8 Å². The van der Waals surface area contributed by atoms with E-state index in [2.05, 4.69) is 0 Å². The molecule has 0 rings (SSSR count). The number of aliphatic carboxylic acids is 1. The van der Waals surface area contributed by atoms with Crippen LogP contribution >= 0.6 is 0 Å². The van der Waals surface area contributed by atoms with Crippen molar-refractivity contribution in [1.82, 2.24) is 0 Å². The van der Waals surface area contributed by atoms with E-state index in [0.717, 1.165) is 6.92 Å². The van der Waals surface area contributed by atoms with Gasteiger partial charge in [-0.15, -0.1) is 0 Å². The number of carbonyl (C=O) groups is 1. The second kappa shape index (κ2) is 15.9. The molecule has 0 aliphatic rings. The van der Waals surface area contributed by atoms with Gasteiger partial charge in [0.05, 0.1) is 5.09 Å². The zero-order valence-electron chi connectivity index (χ0n) is 4.64. The molecule has 0 saturated heterocycles. The molecule has 0 heterocycles. The van der Waals surface area contributed by atoms with Crippen LogP contribution in [-0.4, -0.2) is 11.1 Å². The molecule has 0 spiro atoms. The van der Waals surface area contributed by atoms with Gasteiger partial charge in [0.25, 0.3) is 0 Å². The van der Waals surface area contributed by atoms with E-state index in [0.29, 0.717) is 0 Å². The molecule has 8 heteroatoms. The third-order valence-electron chi connectivity index (χ3n) is 0. The van der Waals surface area contributed by atoms with Crippen LogP contribution in [0.2, 0.25) is 0 Å². The molecule has 0 aromatic heterocycles. The summed E-state index contributed by atoms with van der Waals surface area (Å²) in [6.07, 6.45) is 0. The minimum atomic E-state index is -1.75. The van der Waals surface area contributed by atoms with Crippen molar-refractivity contribution >= 4 is 5.97 Å². The molecule has 0 N–H and O–H groups in total. The Morgan fingerprint density at radius 3 is 1.40 bits per heavy atom. The summed E-state index contributed by atoms with van der Waals surface area (Å²) in [5, 5.41) is 23.6. The molecule has 1 radical (unpaired) electrons. The summed E-state index contributed by atoms with van der Waals surface area (Å²) in [6, 6.07) is 0. The van der Waals surface area contributed by atoms with E-state index in [-0.39, 0.29) is 33.3 Å². The van der Waals surface area contributed by atoms with Crippen LogP contribution in [0.1, 0.15) is 6.92 Å². The maximum atomic E-state index is 8.89. The fourth-order valence-electron chi connectivity index (χ4n) is 0. The standard InChI is InChI=1S/C2H4O2.Co.NO3.Ni/c1-2(3)4;;2-1(3)4;/h1H3,(H,3,4);;;/q;;-1;+2/p-1. The Morgan fingerprint density at radius 2 is 1.40 bits per heavy atom. The second-order valence-corrected chi connectivity index (χ2v) is 0.715. The van der Waals surface area contributed by atoms with E-state index < -0.39 is 11.1 Å². The largest absolute Gasteiger partial charge is 2.00 e. The van der Waals surface area contributed by atoms with Gasteiger partial charge in [-0.3, -0.25) is 0 Å². The molecule has 0 aliphatic carbocycles. The fraction of sp³-hybridized carbons (Fsp3) is 0.500. The predicted octanol–water partition coefficient (Wildman–Crippen LogP) is -1.49. The van der Waals surface area contributed by atoms with Gasteiger partial charge in [-0.25, -0.2) is 0 Å². The summed E-state index contributed by atoms with van der Waals surface area (Å²) < 4.78 is 0. The molecule has 0 unspecified atom stereocenters. The molecule has 10 heavy (non-hydrogen) atoms. The molecule has 0 aromatic carbocycles. The summed E-state index contributed by atoms with van der Waals surface area (Å²) in [4.78, 5) is 17.1. The Balaban J connectivity index is -0.0000000300. The van der Waals surface area contributed by atoms with Gasteiger partial charge in [0.2, 0.25) is 0 Å². The summed E-state index contributed by atoms with van der Waals surface area (Å²) >= 11 is 0. The van der Waals surface area contributed by atoms with Gasteiger partial charge in [-0.1, -0.05) is 0 Å². The molecule has 0 aromatic rings. The van der Waals surface area contributed by atoms with Crippen molar-refractivity contribution < 1.29 is 48.3 Å². The first-order chi connectivity index (χ1) is 3.46. The van der Waals surface area contributed by atoms with Gasteiger partial charge in [0.1, 0.15) is 0 Å². The first-order valence-electron chi connectivity index (χ1n) is 1.46. The van der Waals surface area contributed by atoms with Gasteiger partial charge in [-0.05, 0) is 6.92 Å². The van der Waals surface area contributed by atoms with Crippen molar-refractivity contribution in [2.45, 2.75) is 6.92 Å². The molecule has 65 valence electrons. The summed E-state index contributed by atoms with van der Waals surface area (Å²) in [6.45, 7) is 0.972. The number of carbonyl (C=O) groups excluding carboxylic acids is 1. The third kappa shape index (κ3) is 3130. The summed E-state index contributed by atoms with van der Waals surface area (Å²) in [7, 11) is 0. The molecular formula is C2H3CoNNiO5. The van der Waals surface area contributed by atoms with Crippen LogP contribution in [0, 0.1) is 15.3 Å². The van der Waals surface area contributed by atoms with Crippen LogP contribution in [0.25, 0.3) is 0 Å². The quantitative estimate of drug-likeness (QED) is 0.290. The van der Waals surface area contributed by atoms with Crippen molar-refractivity contribution in [2.75, 3.05) is 0 Å². The number of carboxylic acid groups (broad SMARTS) is 1. The minimum Gasteiger partial charge on any atom is -0.550 e. The van der Waals surface area contributed by atoms with Crippen LogP contribution in [0.3, 0.4) is 0 Å². The number of nitrogens with zero attached hydrogens (tertiary/aromatic N) is 1. The summed E-state index contributed by atoms with van der Waals surface area (Å²) in [5.74, 6) is -1.08. The van der Waals surface area contributed by atoms with Crippen molar-refractivity contribution in [3.05, 3.63) is 15.3 Å². The smallest absolute Gasteiger partial charge is 0.550 e. The Kier molecular flexibility index (Phi) is 35.9. The molecular weight excluding hydrogens is 236 g/mol. The van der Waals surface area contributed by atoms with Crippen molar-refractivity contribution in [2.24, 2.45) is 0 Å². The van der Waals surface area contributed by atoms with Crippen LogP contribution in [-0.2, 0) is 38.1 Å².